The summed E-state index contributed by atoms with van der Waals surface area (Å²) in [5, 5.41) is 2.11. The fourth-order valence-electron chi connectivity index (χ4n) is 4.85. The van der Waals surface area contributed by atoms with Gasteiger partial charge in [-0.3, -0.25) is 4.98 Å². The molecule has 3 nitrogen and oxygen atoms in total. The van der Waals surface area contributed by atoms with Gasteiger partial charge >= 0.3 is 0 Å². The number of rotatable bonds is 4. The van der Waals surface area contributed by atoms with Crippen molar-refractivity contribution in [3.8, 4) is 22.5 Å². The minimum atomic E-state index is 0.411. The number of para-hydroxylation sites is 1. The highest BCUT2D eigenvalue weighted by molar-refractivity contribution is 6.08. The van der Waals surface area contributed by atoms with Crippen LogP contribution >= 0.6 is 0 Å². The second-order valence-electron chi connectivity index (χ2n) is 9.63. The molecule has 0 saturated heterocycles. The van der Waals surface area contributed by atoms with E-state index in [-0.39, 0.29) is 0 Å². The molecule has 3 heterocycles. The van der Waals surface area contributed by atoms with Gasteiger partial charge in [0.2, 0.25) is 5.71 Å². The minimum absolute atomic E-state index is 0.411. The summed E-state index contributed by atoms with van der Waals surface area (Å²) in [7, 11) is 0. The van der Waals surface area contributed by atoms with E-state index < -0.39 is 0 Å². The molecule has 0 saturated carbocycles. The molecular weight excluding hydrogens is 404 g/mol. The topological polar surface area (TPSA) is 38.9 Å². The number of benzene rings is 2. The Morgan fingerprint density at radius 1 is 0.697 bits per heavy atom. The van der Waals surface area contributed by atoms with Crippen LogP contribution in [0.25, 0.3) is 44.6 Å². The Labute approximate surface area is 195 Å². The van der Waals surface area contributed by atoms with E-state index in [9.17, 15) is 0 Å². The maximum Gasteiger partial charge on any atom is 0.227 e. The normalized spacial score (nSPS) is 11.9. The molecular formula is C30H30N2O. The molecule has 0 aliphatic heterocycles. The monoisotopic (exact) mass is 434 g/mol. The summed E-state index contributed by atoms with van der Waals surface area (Å²) >= 11 is 0. The summed E-state index contributed by atoms with van der Waals surface area (Å²) in [6, 6.07) is 21.4. The number of hydrogen-bond acceptors (Lipinski definition) is 3. The largest absolute Gasteiger partial charge is 0.437 e. The zero-order valence-electron chi connectivity index (χ0n) is 20.2. The van der Waals surface area contributed by atoms with E-state index in [0.717, 1.165) is 39.0 Å². The van der Waals surface area contributed by atoms with E-state index in [1.165, 1.54) is 22.3 Å². The van der Waals surface area contributed by atoms with Crippen LogP contribution in [0.1, 0.15) is 61.9 Å². The van der Waals surface area contributed by atoms with Gasteiger partial charge < -0.3 is 4.42 Å². The predicted octanol–water partition coefficient (Wildman–Crippen LogP) is 8.57. The molecule has 0 unspecified atom stereocenters. The Morgan fingerprint density at radius 2 is 1.39 bits per heavy atom. The van der Waals surface area contributed by atoms with Gasteiger partial charge in [0.05, 0.1) is 11.4 Å². The highest BCUT2D eigenvalue weighted by Crippen LogP contribution is 2.39. The van der Waals surface area contributed by atoms with Crippen molar-refractivity contribution >= 4 is 22.1 Å². The summed E-state index contributed by atoms with van der Waals surface area (Å²) in [5.74, 6) is 0.822. The second kappa shape index (κ2) is 8.15. The first-order valence-electron chi connectivity index (χ1n) is 11.7. The molecule has 2 aromatic carbocycles. The van der Waals surface area contributed by atoms with Crippen LogP contribution in [0.5, 0.6) is 0 Å². The highest BCUT2D eigenvalue weighted by atomic mass is 16.3. The first kappa shape index (κ1) is 21.4. The van der Waals surface area contributed by atoms with Crippen molar-refractivity contribution in [1.82, 2.24) is 9.97 Å². The molecule has 0 amide bonds. The van der Waals surface area contributed by atoms with Crippen molar-refractivity contribution in [1.29, 1.82) is 0 Å². The van der Waals surface area contributed by atoms with E-state index >= 15 is 0 Å². The third kappa shape index (κ3) is 3.72. The Balaban J connectivity index is 1.75. The number of aromatic nitrogens is 2. The van der Waals surface area contributed by atoms with Crippen LogP contribution in [-0.2, 0) is 0 Å². The number of fused-ring (bicyclic) bond motifs is 3. The van der Waals surface area contributed by atoms with Gasteiger partial charge in [-0.2, -0.15) is 0 Å². The lowest BCUT2D eigenvalue weighted by molar-refractivity contribution is 0.655. The standard InChI is InChI=1S/C30H30N2O/c1-17(2)21-9-7-10-22(18(3)4)28(21)26-14-13-24-23-11-8-12-25(29(23)33-30(24)32-26)27-16-19(5)15-20(6)31-27/h7-18H,1-6H3. The first-order valence-corrected chi connectivity index (χ1v) is 11.7. The van der Waals surface area contributed by atoms with Crippen molar-refractivity contribution in [2.75, 3.05) is 0 Å². The van der Waals surface area contributed by atoms with Crippen molar-refractivity contribution in [2.45, 2.75) is 53.4 Å². The highest BCUT2D eigenvalue weighted by Gasteiger charge is 2.19. The molecule has 0 aliphatic rings. The summed E-state index contributed by atoms with van der Waals surface area (Å²) in [6.07, 6.45) is 0. The molecule has 3 aromatic heterocycles. The zero-order chi connectivity index (χ0) is 23.3. The van der Waals surface area contributed by atoms with Crippen LogP contribution in [0.4, 0.5) is 0 Å². The van der Waals surface area contributed by atoms with Gasteiger partial charge in [-0.1, -0.05) is 58.0 Å². The van der Waals surface area contributed by atoms with Gasteiger partial charge in [-0.25, -0.2) is 4.98 Å². The quantitative estimate of drug-likeness (QED) is 0.284. The zero-order valence-corrected chi connectivity index (χ0v) is 20.2. The Kier molecular flexibility index (Phi) is 5.28. The van der Waals surface area contributed by atoms with E-state index in [2.05, 4.69) is 95.3 Å². The minimum Gasteiger partial charge on any atom is -0.437 e. The average molecular weight is 435 g/mol. The number of furan rings is 1. The van der Waals surface area contributed by atoms with E-state index in [1.807, 2.05) is 6.92 Å². The first-order chi connectivity index (χ1) is 15.8. The van der Waals surface area contributed by atoms with Crippen molar-refractivity contribution in [3.05, 3.63) is 83.0 Å². The third-order valence-corrected chi connectivity index (χ3v) is 6.37. The summed E-state index contributed by atoms with van der Waals surface area (Å²) in [4.78, 5) is 9.82. The molecule has 166 valence electrons. The number of aryl methyl sites for hydroxylation is 2. The lowest BCUT2D eigenvalue weighted by atomic mass is 9.87. The number of hydrogen-bond donors (Lipinski definition) is 0. The Bertz CT molecular complexity index is 1440. The summed E-state index contributed by atoms with van der Waals surface area (Å²) < 4.78 is 6.43. The SMILES string of the molecule is Cc1cc(C)nc(-c2cccc3c2oc2nc(-c4c(C(C)C)cccc4C(C)C)ccc23)c1. The molecule has 0 bridgehead atoms. The van der Waals surface area contributed by atoms with Crippen LogP contribution in [0.3, 0.4) is 0 Å². The summed E-state index contributed by atoms with van der Waals surface area (Å²) in [5.41, 5.74) is 10.5. The summed E-state index contributed by atoms with van der Waals surface area (Å²) in [6.45, 7) is 13.1. The van der Waals surface area contributed by atoms with Crippen LogP contribution in [0.15, 0.2) is 65.1 Å². The molecule has 0 atom stereocenters. The van der Waals surface area contributed by atoms with Crippen LogP contribution in [0, 0.1) is 13.8 Å². The van der Waals surface area contributed by atoms with Gasteiger partial charge in [0, 0.05) is 27.6 Å². The smallest absolute Gasteiger partial charge is 0.227 e. The predicted molar refractivity (Wildman–Crippen MR) is 138 cm³/mol. The molecule has 5 aromatic rings. The van der Waals surface area contributed by atoms with Gasteiger partial charge in [-0.15, -0.1) is 0 Å². The third-order valence-electron chi connectivity index (χ3n) is 6.37. The molecule has 0 radical (unpaired) electrons. The van der Waals surface area contributed by atoms with Gasteiger partial charge in [0.15, 0.2) is 0 Å². The molecule has 5 rings (SSSR count). The Hall–Kier alpha value is -3.46. The van der Waals surface area contributed by atoms with Crippen LogP contribution in [0.2, 0.25) is 0 Å². The second-order valence-corrected chi connectivity index (χ2v) is 9.63. The van der Waals surface area contributed by atoms with Gasteiger partial charge in [0.1, 0.15) is 5.58 Å². The average Bonchev–Trinajstić information content (AvgIpc) is 3.15. The molecule has 0 N–H and O–H groups in total. The molecule has 0 fully saturated rings. The molecule has 3 heteroatoms. The van der Waals surface area contributed by atoms with E-state index in [0.29, 0.717) is 17.5 Å². The van der Waals surface area contributed by atoms with Gasteiger partial charge in [-0.05, 0) is 72.7 Å². The molecule has 0 aliphatic carbocycles. The van der Waals surface area contributed by atoms with Crippen molar-refractivity contribution < 1.29 is 4.42 Å². The Morgan fingerprint density at radius 3 is 2.06 bits per heavy atom. The number of nitrogens with zero attached hydrogens (tertiary/aromatic N) is 2. The van der Waals surface area contributed by atoms with Gasteiger partial charge in [0.25, 0.3) is 0 Å². The molecule has 0 spiro atoms. The van der Waals surface area contributed by atoms with E-state index in [4.69, 9.17) is 14.4 Å². The lowest BCUT2D eigenvalue weighted by Crippen LogP contribution is -2.00. The van der Waals surface area contributed by atoms with Crippen LogP contribution < -0.4 is 0 Å². The lowest BCUT2D eigenvalue weighted by Gasteiger charge is -2.19. The fraction of sp³-hybridized carbons (Fsp3) is 0.267. The molecule has 33 heavy (non-hydrogen) atoms. The van der Waals surface area contributed by atoms with E-state index in [1.54, 1.807) is 0 Å². The maximum absolute atomic E-state index is 6.43. The van der Waals surface area contributed by atoms with Crippen LogP contribution in [-0.4, -0.2) is 9.97 Å². The maximum atomic E-state index is 6.43. The van der Waals surface area contributed by atoms with Crippen molar-refractivity contribution in [2.24, 2.45) is 0 Å². The fourth-order valence-corrected chi connectivity index (χ4v) is 4.85. The number of pyridine rings is 2. The van der Waals surface area contributed by atoms with Crippen molar-refractivity contribution in [3.63, 3.8) is 0 Å².